The van der Waals surface area contributed by atoms with Crippen molar-refractivity contribution in [3.05, 3.63) is 46.1 Å². The van der Waals surface area contributed by atoms with Crippen LogP contribution in [0.25, 0.3) is 0 Å². The lowest BCUT2D eigenvalue weighted by molar-refractivity contribution is 0.102. The fourth-order valence-electron chi connectivity index (χ4n) is 2.53. The van der Waals surface area contributed by atoms with Crippen LogP contribution in [0.4, 0.5) is 5.69 Å². The Hall–Kier alpha value is -2.70. The van der Waals surface area contributed by atoms with Crippen molar-refractivity contribution in [1.29, 1.82) is 0 Å². The molecule has 1 amide bonds. The number of carbonyl (C=O) groups excluding carboxylic acids is 1. The minimum Gasteiger partial charge on any atom is -0.493 e. The van der Waals surface area contributed by atoms with E-state index in [0.29, 0.717) is 35.7 Å². The summed E-state index contributed by atoms with van der Waals surface area (Å²) < 4.78 is 7.10. The van der Waals surface area contributed by atoms with Crippen molar-refractivity contribution >= 4 is 11.6 Å². The molecule has 26 heavy (non-hydrogen) atoms. The molecule has 0 saturated carbocycles. The van der Waals surface area contributed by atoms with Gasteiger partial charge >= 0.3 is 0 Å². The first-order valence-corrected chi connectivity index (χ1v) is 8.99. The quantitative estimate of drug-likeness (QED) is 0.711. The fraction of sp³-hybridized carbons (Fsp3) is 0.474. The van der Waals surface area contributed by atoms with Crippen molar-refractivity contribution in [3.63, 3.8) is 0 Å². The van der Waals surface area contributed by atoms with Gasteiger partial charge in [0.15, 0.2) is 0 Å². The van der Waals surface area contributed by atoms with Crippen LogP contribution in [0.1, 0.15) is 55.9 Å². The normalized spacial score (nSPS) is 9.88. The van der Waals surface area contributed by atoms with Crippen molar-refractivity contribution in [3.8, 4) is 5.75 Å². The lowest BCUT2D eigenvalue weighted by Crippen LogP contribution is -2.15. The number of para-hydroxylation sites is 1. The molecule has 0 saturated heterocycles. The van der Waals surface area contributed by atoms with Gasteiger partial charge in [0.05, 0.1) is 29.2 Å². The third-order valence-electron chi connectivity index (χ3n) is 3.61. The van der Waals surface area contributed by atoms with Gasteiger partial charge in [-0.15, -0.1) is 0 Å². The molecule has 2 rings (SSSR count). The SMILES string of the molecule is CC.CCCc1nn(C)c(CN=O)c1NC(=O)c1ccccc1OCC. The molecule has 1 N–H and O–H groups in total. The van der Waals surface area contributed by atoms with Gasteiger partial charge in [0.25, 0.3) is 5.91 Å². The Balaban J connectivity index is 0.00000163. The third kappa shape index (κ3) is 5.15. The Labute approximate surface area is 154 Å². The van der Waals surface area contributed by atoms with Crippen molar-refractivity contribution in [2.75, 3.05) is 11.9 Å². The summed E-state index contributed by atoms with van der Waals surface area (Å²) in [4.78, 5) is 23.4. The van der Waals surface area contributed by atoms with Crippen LogP contribution in [0.5, 0.6) is 5.75 Å². The van der Waals surface area contributed by atoms with Gasteiger partial charge in [-0.2, -0.15) is 10.0 Å². The van der Waals surface area contributed by atoms with Crippen molar-refractivity contribution in [2.24, 2.45) is 12.2 Å². The highest BCUT2D eigenvalue weighted by atomic mass is 16.5. The summed E-state index contributed by atoms with van der Waals surface area (Å²) in [6.07, 6.45) is 1.58. The molecule has 1 aromatic heterocycles. The average molecular weight is 360 g/mol. The van der Waals surface area contributed by atoms with Crippen molar-refractivity contribution in [2.45, 2.75) is 47.1 Å². The molecule has 142 valence electrons. The molecule has 1 aromatic carbocycles. The van der Waals surface area contributed by atoms with Crippen LogP contribution in [0.2, 0.25) is 0 Å². The maximum absolute atomic E-state index is 12.7. The molecular formula is C19H28N4O3. The van der Waals surface area contributed by atoms with Crippen LogP contribution < -0.4 is 10.1 Å². The number of amides is 1. The van der Waals surface area contributed by atoms with Gasteiger partial charge in [-0.1, -0.05) is 44.5 Å². The highest BCUT2D eigenvalue weighted by molar-refractivity contribution is 6.06. The Bertz CT molecular complexity index is 726. The van der Waals surface area contributed by atoms with E-state index in [9.17, 15) is 9.70 Å². The molecule has 7 nitrogen and oxygen atoms in total. The van der Waals surface area contributed by atoms with Crippen molar-refractivity contribution < 1.29 is 9.53 Å². The van der Waals surface area contributed by atoms with Crippen LogP contribution in [-0.2, 0) is 20.0 Å². The zero-order chi connectivity index (χ0) is 19.5. The van der Waals surface area contributed by atoms with E-state index in [1.165, 1.54) is 0 Å². The predicted molar refractivity (Wildman–Crippen MR) is 104 cm³/mol. The van der Waals surface area contributed by atoms with E-state index in [4.69, 9.17) is 4.74 Å². The molecule has 0 spiro atoms. The summed E-state index contributed by atoms with van der Waals surface area (Å²) in [6, 6.07) is 7.05. The first-order chi connectivity index (χ1) is 12.6. The number of ether oxygens (including phenoxy) is 1. The first kappa shape index (κ1) is 21.3. The van der Waals surface area contributed by atoms with E-state index in [1.807, 2.05) is 33.8 Å². The third-order valence-corrected chi connectivity index (χ3v) is 3.61. The minimum atomic E-state index is -0.295. The summed E-state index contributed by atoms with van der Waals surface area (Å²) in [6.45, 7) is 8.32. The molecule has 2 aromatic rings. The fourth-order valence-corrected chi connectivity index (χ4v) is 2.53. The van der Waals surface area contributed by atoms with Crippen LogP contribution in [0.3, 0.4) is 0 Å². The number of hydrogen-bond donors (Lipinski definition) is 1. The second-order valence-corrected chi connectivity index (χ2v) is 5.31. The number of nitrogens with zero attached hydrogens (tertiary/aromatic N) is 3. The second kappa shape index (κ2) is 11.0. The first-order valence-electron chi connectivity index (χ1n) is 8.99. The van der Waals surface area contributed by atoms with Gasteiger partial charge in [-0.25, -0.2) is 0 Å². The van der Waals surface area contributed by atoms with Gasteiger partial charge in [0.2, 0.25) is 0 Å². The molecule has 0 atom stereocenters. The van der Waals surface area contributed by atoms with Crippen LogP contribution in [0.15, 0.2) is 29.4 Å². The number of aryl methyl sites for hydroxylation is 2. The average Bonchev–Trinajstić information content (AvgIpc) is 2.93. The van der Waals surface area contributed by atoms with E-state index < -0.39 is 0 Å². The summed E-state index contributed by atoms with van der Waals surface area (Å²) in [5.74, 6) is 0.227. The predicted octanol–water partition coefficient (Wildman–Crippen LogP) is 4.32. The largest absolute Gasteiger partial charge is 0.493 e. The van der Waals surface area contributed by atoms with Crippen molar-refractivity contribution in [1.82, 2.24) is 9.78 Å². The molecule has 0 aliphatic heterocycles. The number of carbonyl (C=O) groups is 1. The molecule has 7 heteroatoms. The number of nitrogens with one attached hydrogen (secondary N) is 1. The maximum atomic E-state index is 12.7. The molecule has 0 radical (unpaired) electrons. The number of hydrogen-bond acceptors (Lipinski definition) is 5. The lowest BCUT2D eigenvalue weighted by Gasteiger charge is -2.11. The molecule has 0 aliphatic carbocycles. The molecule has 1 heterocycles. The molecular weight excluding hydrogens is 332 g/mol. The minimum absolute atomic E-state index is 0.0457. The molecule has 0 fully saturated rings. The molecule has 0 bridgehead atoms. The van der Waals surface area contributed by atoms with Gasteiger partial charge in [-0.05, 0) is 25.5 Å². The van der Waals surface area contributed by atoms with E-state index in [-0.39, 0.29) is 12.5 Å². The standard InChI is InChI=1S/C17H22N4O3.C2H6/c1-4-8-13-16(14(11-18-23)21(3)20-13)19-17(22)12-9-6-7-10-15(12)24-5-2;1-2/h6-7,9-10H,4-5,8,11H2,1-3H3,(H,19,22);1-2H3. The van der Waals surface area contributed by atoms with Gasteiger partial charge in [0, 0.05) is 7.05 Å². The summed E-state index contributed by atoms with van der Waals surface area (Å²) in [5.41, 5.74) is 2.35. The monoisotopic (exact) mass is 360 g/mol. The smallest absolute Gasteiger partial charge is 0.259 e. The Morgan fingerprint density at radius 1 is 1.27 bits per heavy atom. The zero-order valence-electron chi connectivity index (χ0n) is 16.2. The number of nitroso groups, excluding NO2 is 1. The highest BCUT2D eigenvalue weighted by Gasteiger charge is 2.20. The summed E-state index contributed by atoms with van der Waals surface area (Å²) >= 11 is 0. The highest BCUT2D eigenvalue weighted by Crippen LogP contribution is 2.25. The van der Waals surface area contributed by atoms with E-state index in [0.717, 1.165) is 12.1 Å². The van der Waals surface area contributed by atoms with E-state index in [2.05, 4.69) is 15.6 Å². The maximum Gasteiger partial charge on any atom is 0.259 e. The zero-order valence-corrected chi connectivity index (χ0v) is 16.2. The summed E-state index contributed by atoms with van der Waals surface area (Å²) in [5, 5.41) is 10.2. The number of aromatic nitrogens is 2. The van der Waals surface area contributed by atoms with E-state index >= 15 is 0 Å². The number of rotatable bonds is 8. The van der Waals surface area contributed by atoms with Gasteiger partial charge < -0.3 is 10.1 Å². The van der Waals surface area contributed by atoms with Gasteiger partial charge in [-0.3, -0.25) is 9.48 Å². The number of benzene rings is 1. The molecule has 0 aliphatic rings. The summed E-state index contributed by atoms with van der Waals surface area (Å²) in [7, 11) is 1.74. The Morgan fingerprint density at radius 3 is 2.58 bits per heavy atom. The van der Waals surface area contributed by atoms with Gasteiger partial charge in [0.1, 0.15) is 12.3 Å². The van der Waals surface area contributed by atoms with Crippen LogP contribution >= 0.6 is 0 Å². The second-order valence-electron chi connectivity index (χ2n) is 5.31. The Kier molecular flexibility index (Phi) is 9.05. The number of anilines is 1. The van der Waals surface area contributed by atoms with Crippen LogP contribution in [0, 0.1) is 4.91 Å². The lowest BCUT2D eigenvalue weighted by atomic mass is 10.1. The Morgan fingerprint density at radius 2 is 1.96 bits per heavy atom. The van der Waals surface area contributed by atoms with E-state index in [1.54, 1.807) is 29.9 Å². The molecule has 0 unspecified atom stereocenters. The topological polar surface area (TPSA) is 85.6 Å². The van der Waals surface area contributed by atoms with Crippen LogP contribution in [-0.4, -0.2) is 22.3 Å².